The molecule has 1 aromatic rings. The zero-order valence-corrected chi connectivity index (χ0v) is 14.2. The van der Waals surface area contributed by atoms with Crippen molar-refractivity contribution in [2.24, 2.45) is 5.73 Å². The summed E-state index contributed by atoms with van der Waals surface area (Å²) < 4.78 is 41.3. The van der Waals surface area contributed by atoms with Crippen molar-refractivity contribution in [3.63, 3.8) is 0 Å². The number of nitrogens with zero attached hydrogens (tertiary/aromatic N) is 1. The van der Waals surface area contributed by atoms with Crippen molar-refractivity contribution in [3.8, 4) is 0 Å². The average molecular weight is 383 g/mol. The van der Waals surface area contributed by atoms with E-state index in [9.17, 15) is 12.8 Å². The smallest absolute Gasteiger partial charge is 0.246 e. The Labute approximate surface area is 131 Å². The second kappa shape index (κ2) is 6.31. The highest BCUT2D eigenvalue weighted by molar-refractivity contribution is 9.10. The zero-order valence-electron chi connectivity index (χ0n) is 11.0. The van der Waals surface area contributed by atoms with Gasteiger partial charge >= 0.3 is 0 Å². The fraction of sp³-hybridized carbons (Fsp3) is 0.500. The Kier molecular flexibility index (Phi) is 5.12. The van der Waals surface area contributed by atoms with E-state index in [1.807, 2.05) is 6.92 Å². The molecule has 1 unspecified atom stereocenters. The number of hydrogen-bond donors (Lipinski definition) is 1. The van der Waals surface area contributed by atoms with E-state index in [1.54, 1.807) is 11.8 Å². The Balaban J connectivity index is 2.46. The van der Waals surface area contributed by atoms with Crippen LogP contribution < -0.4 is 5.73 Å². The summed E-state index contributed by atoms with van der Waals surface area (Å²) in [7, 11) is -3.82. The van der Waals surface area contributed by atoms with Gasteiger partial charge in [-0.3, -0.25) is 0 Å². The molecule has 1 heterocycles. The Morgan fingerprint density at radius 2 is 2.25 bits per heavy atom. The fourth-order valence-corrected chi connectivity index (χ4v) is 5.64. The summed E-state index contributed by atoms with van der Waals surface area (Å²) in [5.41, 5.74) is 5.65. The summed E-state index contributed by atoms with van der Waals surface area (Å²) >= 11 is 4.93. The molecule has 0 saturated carbocycles. The van der Waals surface area contributed by atoms with E-state index in [2.05, 4.69) is 15.9 Å². The molecule has 4 nitrogen and oxygen atoms in total. The molecule has 0 aromatic heterocycles. The van der Waals surface area contributed by atoms with E-state index in [1.165, 1.54) is 16.4 Å². The molecule has 1 saturated heterocycles. The first-order valence-electron chi connectivity index (χ1n) is 6.16. The highest BCUT2D eigenvalue weighted by Crippen LogP contribution is 2.29. The third kappa shape index (κ3) is 3.19. The Morgan fingerprint density at radius 3 is 2.85 bits per heavy atom. The second-order valence-electron chi connectivity index (χ2n) is 4.63. The van der Waals surface area contributed by atoms with Gasteiger partial charge in [0.25, 0.3) is 0 Å². The molecule has 0 bridgehead atoms. The monoisotopic (exact) mass is 382 g/mol. The standard InChI is InChI=1S/C12H16BrFN2O2S2/c1-8-7-16(2-3-19-8)20(17,18)11-5-10(13)4-9(6-15)12(11)14/h4-5,8H,2-3,6-7,15H2,1H3. The van der Waals surface area contributed by atoms with Gasteiger partial charge in [-0.25, -0.2) is 12.8 Å². The lowest BCUT2D eigenvalue weighted by molar-refractivity contribution is 0.419. The molecule has 0 aliphatic carbocycles. The first-order valence-corrected chi connectivity index (χ1v) is 9.44. The van der Waals surface area contributed by atoms with Gasteiger partial charge in [0.1, 0.15) is 10.7 Å². The van der Waals surface area contributed by atoms with Gasteiger partial charge in [-0.05, 0) is 12.1 Å². The van der Waals surface area contributed by atoms with Crippen LogP contribution in [-0.4, -0.2) is 36.8 Å². The normalized spacial score (nSPS) is 21.1. The van der Waals surface area contributed by atoms with Crippen molar-refractivity contribution >= 4 is 37.7 Å². The predicted molar refractivity (Wildman–Crippen MR) is 82.7 cm³/mol. The molecule has 1 fully saturated rings. The number of thioether (sulfide) groups is 1. The maximum absolute atomic E-state index is 14.3. The number of sulfonamides is 1. The van der Waals surface area contributed by atoms with Crippen molar-refractivity contribution in [2.45, 2.75) is 23.6 Å². The van der Waals surface area contributed by atoms with Crippen LogP contribution >= 0.6 is 27.7 Å². The SMILES string of the molecule is CC1CN(S(=O)(=O)c2cc(Br)cc(CN)c2F)CCS1. The fourth-order valence-electron chi connectivity index (χ4n) is 2.10. The first kappa shape index (κ1) is 16.2. The van der Waals surface area contributed by atoms with Crippen LogP contribution in [0, 0.1) is 5.82 Å². The minimum absolute atomic E-state index is 0.0416. The second-order valence-corrected chi connectivity index (χ2v) is 8.99. The number of benzene rings is 1. The molecule has 1 aromatic carbocycles. The van der Waals surface area contributed by atoms with E-state index in [4.69, 9.17) is 5.73 Å². The summed E-state index contributed by atoms with van der Waals surface area (Å²) in [4.78, 5) is -0.300. The maximum Gasteiger partial charge on any atom is 0.246 e. The number of halogens is 2. The van der Waals surface area contributed by atoms with Gasteiger partial charge in [0, 0.05) is 40.7 Å². The lowest BCUT2D eigenvalue weighted by Crippen LogP contribution is -2.41. The van der Waals surface area contributed by atoms with Gasteiger partial charge in [0.15, 0.2) is 0 Å². The molecule has 0 radical (unpaired) electrons. The van der Waals surface area contributed by atoms with Crippen LogP contribution in [-0.2, 0) is 16.6 Å². The van der Waals surface area contributed by atoms with Crippen LogP contribution in [0.3, 0.4) is 0 Å². The predicted octanol–water partition coefficient (Wildman–Crippen LogP) is 2.17. The minimum Gasteiger partial charge on any atom is -0.326 e. The van der Waals surface area contributed by atoms with Gasteiger partial charge < -0.3 is 5.73 Å². The van der Waals surface area contributed by atoms with Crippen molar-refractivity contribution in [3.05, 3.63) is 28.0 Å². The molecule has 20 heavy (non-hydrogen) atoms. The molecule has 1 aliphatic heterocycles. The topological polar surface area (TPSA) is 63.4 Å². The molecule has 2 N–H and O–H groups in total. The lowest BCUT2D eigenvalue weighted by Gasteiger charge is -2.30. The molecule has 1 atom stereocenters. The molecule has 0 amide bonds. The van der Waals surface area contributed by atoms with E-state index < -0.39 is 15.8 Å². The molecule has 8 heteroatoms. The summed E-state index contributed by atoms with van der Waals surface area (Å²) in [6, 6.07) is 2.80. The zero-order chi connectivity index (χ0) is 14.9. The number of hydrogen-bond acceptors (Lipinski definition) is 4. The molecule has 2 rings (SSSR count). The molecule has 1 aliphatic rings. The summed E-state index contributed by atoms with van der Waals surface area (Å²) in [6.07, 6.45) is 0. The van der Waals surface area contributed by atoms with Gasteiger partial charge in [0.2, 0.25) is 10.0 Å². The number of rotatable bonds is 3. The van der Waals surface area contributed by atoms with Crippen LogP contribution in [0.15, 0.2) is 21.5 Å². The van der Waals surface area contributed by atoms with Crippen molar-refractivity contribution < 1.29 is 12.8 Å². The Bertz CT molecular complexity index is 610. The summed E-state index contributed by atoms with van der Waals surface area (Å²) in [6.45, 7) is 2.73. The average Bonchev–Trinajstić information content (AvgIpc) is 2.40. The largest absolute Gasteiger partial charge is 0.326 e. The molecule has 0 spiro atoms. The van der Waals surface area contributed by atoms with Crippen LogP contribution in [0.4, 0.5) is 4.39 Å². The van der Waals surface area contributed by atoms with E-state index in [0.29, 0.717) is 17.6 Å². The van der Waals surface area contributed by atoms with Crippen LogP contribution in [0.2, 0.25) is 0 Å². The number of nitrogens with two attached hydrogens (primary N) is 1. The van der Waals surface area contributed by atoms with Crippen LogP contribution in [0.5, 0.6) is 0 Å². The van der Waals surface area contributed by atoms with Crippen molar-refractivity contribution in [2.75, 3.05) is 18.8 Å². The molecular formula is C12H16BrFN2O2S2. The van der Waals surface area contributed by atoms with Crippen molar-refractivity contribution in [1.29, 1.82) is 0 Å². The highest BCUT2D eigenvalue weighted by atomic mass is 79.9. The van der Waals surface area contributed by atoms with Gasteiger partial charge in [-0.2, -0.15) is 16.1 Å². The van der Waals surface area contributed by atoms with E-state index in [-0.39, 0.29) is 22.3 Å². The Hall–Kier alpha value is -0.150. The lowest BCUT2D eigenvalue weighted by atomic mass is 10.2. The first-order chi connectivity index (χ1) is 9.36. The summed E-state index contributed by atoms with van der Waals surface area (Å²) in [5, 5.41) is 0.211. The summed E-state index contributed by atoms with van der Waals surface area (Å²) in [5.74, 6) is -0.0265. The molecule has 112 valence electrons. The van der Waals surface area contributed by atoms with E-state index >= 15 is 0 Å². The highest BCUT2D eigenvalue weighted by Gasteiger charge is 2.32. The van der Waals surface area contributed by atoms with Crippen molar-refractivity contribution in [1.82, 2.24) is 4.31 Å². The van der Waals surface area contributed by atoms with Crippen LogP contribution in [0.1, 0.15) is 12.5 Å². The quantitative estimate of drug-likeness (QED) is 0.869. The minimum atomic E-state index is -3.82. The van der Waals surface area contributed by atoms with E-state index in [0.717, 1.165) is 5.75 Å². The van der Waals surface area contributed by atoms with Gasteiger partial charge in [0.05, 0.1) is 0 Å². The third-order valence-electron chi connectivity index (χ3n) is 3.12. The maximum atomic E-state index is 14.3. The molecular weight excluding hydrogens is 367 g/mol. The van der Waals surface area contributed by atoms with Gasteiger partial charge in [-0.15, -0.1) is 0 Å². The Morgan fingerprint density at radius 1 is 1.55 bits per heavy atom. The third-order valence-corrected chi connectivity index (χ3v) is 6.58. The van der Waals surface area contributed by atoms with Gasteiger partial charge in [-0.1, -0.05) is 22.9 Å². The van der Waals surface area contributed by atoms with Crippen LogP contribution in [0.25, 0.3) is 0 Å².